The van der Waals surface area contributed by atoms with Crippen molar-refractivity contribution in [2.24, 2.45) is 5.73 Å². The predicted molar refractivity (Wildman–Crippen MR) is 86.2 cm³/mol. The van der Waals surface area contributed by atoms with Crippen LogP contribution < -0.4 is 11.1 Å². The number of alkyl halides is 3. The predicted octanol–water partition coefficient (Wildman–Crippen LogP) is 2.55. The molecular weight excluding hydrogens is 335 g/mol. The van der Waals surface area contributed by atoms with Gasteiger partial charge in [-0.3, -0.25) is 9.59 Å². The van der Waals surface area contributed by atoms with Gasteiger partial charge in [-0.15, -0.1) is 0 Å². The molecule has 0 aliphatic carbocycles. The monoisotopic (exact) mass is 355 g/mol. The van der Waals surface area contributed by atoms with Crippen molar-refractivity contribution in [1.82, 2.24) is 10.2 Å². The maximum Gasteiger partial charge on any atom is 0.416 e. The number of rotatable bonds is 6. The number of nitrogens with two attached hydrogens (primary N) is 1. The first-order valence-corrected chi connectivity index (χ1v) is 7.83. The third kappa shape index (κ3) is 4.01. The van der Waals surface area contributed by atoms with Crippen molar-refractivity contribution in [2.75, 3.05) is 0 Å². The van der Waals surface area contributed by atoms with Crippen molar-refractivity contribution >= 4 is 11.8 Å². The molecule has 8 heteroatoms. The number of hydrogen-bond acceptors (Lipinski definition) is 3. The van der Waals surface area contributed by atoms with Gasteiger partial charge < -0.3 is 16.0 Å². The van der Waals surface area contributed by atoms with Gasteiger partial charge in [0.15, 0.2) is 0 Å². The summed E-state index contributed by atoms with van der Waals surface area (Å²) >= 11 is 0. The Morgan fingerprint density at radius 2 is 2.16 bits per heavy atom. The van der Waals surface area contributed by atoms with Gasteiger partial charge in [0.2, 0.25) is 5.91 Å². The quantitative estimate of drug-likeness (QED) is 0.823. The summed E-state index contributed by atoms with van der Waals surface area (Å²) < 4.78 is 40.0. The molecule has 25 heavy (non-hydrogen) atoms. The van der Waals surface area contributed by atoms with Crippen LogP contribution in [0.4, 0.5) is 13.2 Å². The summed E-state index contributed by atoms with van der Waals surface area (Å²) in [4.78, 5) is 25.4. The van der Waals surface area contributed by atoms with Gasteiger partial charge in [-0.2, -0.15) is 13.2 Å². The minimum absolute atomic E-state index is 0.0305. The van der Waals surface area contributed by atoms with E-state index in [1.54, 1.807) is 6.92 Å². The zero-order valence-corrected chi connectivity index (χ0v) is 13.8. The molecule has 1 heterocycles. The number of amides is 2. The van der Waals surface area contributed by atoms with Gasteiger partial charge in [-0.05, 0) is 42.8 Å². The van der Waals surface area contributed by atoms with Crippen molar-refractivity contribution in [3.8, 4) is 0 Å². The zero-order chi connectivity index (χ0) is 18.8. The molecule has 2 rings (SSSR count). The second-order valence-corrected chi connectivity index (χ2v) is 5.96. The molecule has 0 spiro atoms. The Morgan fingerprint density at radius 3 is 2.72 bits per heavy atom. The highest BCUT2D eigenvalue weighted by molar-refractivity contribution is 5.99. The zero-order valence-electron chi connectivity index (χ0n) is 13.8. The number of benzene rings is 1. The number of fused-ring (bicyclic) bond motifs is 1. The van der Waals surface area contributed by atoms with Gasteiger partial charge in [0, 0.05) is 31.1 Å². The molecule has 1 aromatic carbocycles. The van der Waals surface area contributed by atoms with E-state index in [2.05, 4.69) is 11.9 Å². The fourth-order valence-electron chi connectivity index (χ4n) is 2.90. The summed E-state index contributed by atoms with van der Waals surface area (Å²) in [6.45, 7) is 4.88. The van der Waals surface area contributed by atoms with Gasteiger partial charge in [0.05, 0.1) is 5.56 Å². The van der Waals surface area contributed by atoms with Crippen molar-refractivity contribution in [2.45, 2.75) is 45.1 Å². The third-order valence-electron chi connectivity index (χ3n) is 4.25. The Bertz CT molecular complexity index is 701. The first-order chi connectivity index (χ1) is 11.7. The van der Waals surface area contributed by atoms with E-state index in [4.69, 9.17) is 5.73 Å². The number of nitrogens with zero attached hydrogens (tertiary/aromatic N) is 1. The van der Waals surface area contributed by atoms with E-state index in [1.165, 1.54) is 17.2 Å². The first kappa shape index (κ1) is 19.0. The van der Waals surface area contributed by atoms with Crippen LogP contribution in [0, 0.1) is 0 Å². The maximum absolute atomic E-state index is 13.3. The van der Waals surface area contributed by atoms with E-state index >= 15 is 0 Å². The lowest BCUT2D eigenvalue weighted by molar-refractivity contribution is -0.138. The summed E-state index contributed by atoms with van der Waals surface area (Å²) in [7, 11) is 0. The Balaban J connectivity index is 2.25. The van der Waals surface area contributed by atoms with Gasteiger partial charge >= 0.3 is 6.18 Å². The average Bonchev–Trinajstić information content (AvgIpc) is 2.88. The van der Waals surface area contributed by atoms with E-state index in [-0.39, 0.29) is 48.1 Å². The molecule has 0 saturated carbocycles. The summed E-state index contributed by atoms with van der Waals surface area (Å²) in [6, 6.07) is 2.04. The van der Waals surface area contributed by atoms with Crippen LogP contribution in [-0.2, 0) is 24.1 Å². The Labute approximate surface area is 143 Å². The molecule has 0 bridgehead atoms. The van der Waals surface area contributed by atoms with Crippen LogP contribution in [0.1, 0.15) is 46.8 Å². The number of halogens is 3. The smallest absolute Gasteiger partial charge is 0.333 e. The minimum Gasteiger partial charge on any atom is -0.333 e. The molecule has 2 amide bonds. The van der Waals surface area contributed by atoms with Crippen LogP contribution in [0.2, 0.25) is 0 Å². The third-order valence-corrected chi connectivity index (χ3v) is 4.25. The van der Waals surface area contributed by atoms with E-state index in [0.717, 1.165) is 6.07 Å². The lowest BCUT2D eigenvalue weighted by Crippen LogP contribution is -2.34. The fourth-order valence-corrected chi connectivity index (χ4v) is 2.90. The van der Waals surface area contributed by atoms with Crippen molar-refractivity contribution in [1.29, 1.82) is 0 Å². The largest absolute Gasteiger partial charge is 0.416 e. The number of hydrogen-bond donors (Lipinski definition) is 2. The normalized spacial score (nSPS) is 15.1. The summed E-state index contributed by atoms with van der Waals surface area (Å²) in [5.74, 6) is -0.722. The van der Waals surface area contributed by atoms with E-state index in [1.807, 2.05) is 0 Å². The van der Waals surface area contributed by atoms with E-state index in [0.29, 0.717) is 6.42 Å². The van der Waals surface area contributed by atoms with Crippen molar-refractivity contribution in [3.63, 3.8) is 0 Å². The summed E-state index contributed by atoms with van der Waals surface area (Å²) in [5.41, 5.74) is 4.91. The summed E-state index contributed by atoms with van der Waals surface area (Å²) in [6.07, 6.45) is -2.82. The van der Waals surface area contributed by atoms with Crippen LogP contribution in [0.15, 0.2) is 24.9 Å². The Kier molecular flexibility index (Phi) is 5.52. The Hall–Kier alpha value is -2.35. The molecule has 0 aromatic heterocycles. The molecule has 136 valence electrons. The number of carbonyl (C=O) groups is 2. The molecule has 3 N–H and O–H groups in total. The van der Waals surface area contributed by atoms with Crippen molar-refractivity contribution < 1.29 is 22.8 Å². The highest BCUT2D eigenvalue weighted by Crippen LogP contribution is 2.38. The lowest BCUT2D eigenvalue weighted by atomic mass is 9.99. The highest BCUT2D eigenvalue weighted by Gasteiger charge is 2.40. The van der Waals surface area contributed by atoms with Gasteiger partial charge in [-0.1, -0.05) is 6.58 Å². The second-order valence-electron chi connectivity index (χ2n) is 5.96. The SMILES string of the molecule is C=CNC(=O)CCC(C)N1Cc2c(cc(CN)cc2C(F)(F)F)C1=O. The van der Waals surface area contributed by atoms with Crippen LogP contribution in [0.25, 0.3) is 0 Å². The van der Waals surface area contributed by atoms with Gasteiger partial charge in [-0.25, -0.2) is 0 Å². The van der Waals surface area contributed by atoms with Crippen LogP contribution in [-0.4, -0.2) is 22.8 Å². The lowest BCUT2D eigenvalue weighted by Gasteiger charge is -2.24. The fraction of sp³-hybridized carbons (Fsp3) is 0.412. The highest BCUT2D eigenvalue weighted by atomic mass is 19.4. The van der Waals surface area contributed by atoms with Gasteiger partial charge in [0.1, 0.15) is 0 Å². The van der Waals surface area contributed by atoms with Gasteiger partial charge in [0.25, 0.3) is 5.91 Å². The molecular formula is C17H20F3N3O2. The standard InChI is InChI=1S/C17H20F3N3O2/c1-3-22-15(24)5-4-10(2)23-9-13-12(16(23)25)6-11(8-21)7-14(13)17(18,19)20/h3,6-7,10H,1,4-5,8-9,21H2,2H3,(H,22,24). The minimum atomic E-state index is -4.56. The molecule has 5 nitrogen and oxygen atoms in total. The molecule has 1 aliphatic heterocycles. The molecule has 1 atom stereocenters. The topological polar surface area (TPSA) is 75.4 Å². The van der Waals surface area contributed by atoms with E-state index in [9.17, 15) is 22.8 Å². The molecule has 0 saturated heterocycles. The molecule has 0 radical (unpaired) electrons. The average molecular weight is 355 g/mol. The maximum atomic E-state index is 13.3. The van der Waals surface area contributed by atoms with Crippen LogP contribution in [0.5, 0.6) is 0 Å². The first-order valence-electron chi connectivity index (χ1n) is 7.83. The number of nitrogens with one attached hydrogen (secondary N) is 1. The van der Waals surface area contributed by atoms with Crippen LogP contribution in [0.3, 0.4) is 0 Å². The summed E-state index contributed by atoms with van der Waals surface area (Å²) in [5, 5.41) is 2.42. The molecule has 1 aromatic rings. The molecule has 0 fully saturated rings. The Morgan fingerprint density at radius 1 is 1.48 bits per heavy atom. The molecule has 1 aliphatic rings. The number of carbonyl (C=O) groups excluding carboxylic acids is 2. The second kappa shape index (κ2) is 7.26. The van der Waals surface area contributed by atoms with Crippen molar-refractivity contribution in [3.05, 3.63) is 47.2 Å². The van der Waals surface area contributed by atoms with E-state index < -0.39 is 17.6 Å². The van der Waals surface area contributed by atoms with Crippen LogP contribution >= 0.6 is 0 Å². The molecule has 1 unspecified atom stereocenters.